The van der Waals surface area contributed by atoms with E-state index < -0.39 is 0 Å². The summed E-state index contributed by atoms with van der Waals surface area (Å²) in [5, 5.41) is 2.14. The summed E-state index contributed by atoms with van der Waals surface area (Å²) in [5.74, 6) is 0. The topological polar surface area (TPSA) is 0 Å². The van der Waals surface area contributed by atoms with E-state index in [-0.39, 0.29) is 0 Å². The van der Waals surface area contributed by atoms with Crippen molar-refractivity contribution in [3.63, 3.8) is 0 Å². The first-order valence-electron chi connectivity index (χ1n) is 4.52. The average Bonchev–Trinajstić information content (AvgIpc) is 2.57. The van der Waals surface area contributed by atoms with Crippen LogP contribution in [-0.4, -0.2) is 0 Å². The fourth-order valence-corrected chi connectivity index (χ4v) is 1.90. The highest BCUT2D eigenvalue weighted by molar-refractivity contribution is 7.09. The van der Waals surface area contributed by atoms with Crippen molar-refractivity contribution < 1.29 is 0 Å². The largest absolute Gasteiger partial charge is 0.149 e. The number of thiophene rings is 1. The van der Waals surface area contributed by atoms with Crippen LogP contribution in [0.5, 0.6) is 0 Å². The highest BCUT2D eigenvalue weighted by Gasteiger charge is 1.94. The van der Waals surface area contributed by atoms with Gasteiger partial charge in [0.15, 0.2) is 0 Å². The zero-order chi connectivity index (χ0) is 8.81. The minimum Gasteiger partial charge on any atom is -0.149 e. The van der Waals surface area contributed by atoms with E-state index in [1.165, 1.54) is 29.7 Å². The highest BCUT2D eigenvalue weighted by Crippen LogP contribution is 2.14. The van der Waals surface area contributed by atoms with Gasteiger partial charge in [0.25, 0.3) is 0 Å². The number of allylic oxidation sites excluding steroid dienone is 1. The molecule has 0 saturated heterocycles. The van der Waals surface area contributed by atoms with Gasteiger partial charge in [0.05, 0.1) is 0 Å². The van der Waals surface area contributed by atoms with Crippen LogP contribution in [-0.2, 0) is 6.42 Å². The second-order valence-corrected chi connectivity index (χ2v) is 4.07. The fraction of sp³-hybridized carbons (Fsp3) is 0.455. The molecule has 0 N–H and O–H groups in total. The molecular formula is C11H16S. The lowest BCUT2D eigenvalue weighted by Gasteiger charge is -2.00. The summed E-state index contributed by atoms with van der Waals surface area (Å²) in [4.78, 5) is 1.50. The van der Waals surface area contributed by atoms with Gasteiger partial charge in [-0.15, -0.1) is 11.3 Å². The number of hydrogen-bond donors (Lipinski definition) is 0. The molecule has 0 aromatic carbocycles. The first-order valence-corrected chi connectivity index (χ1v) is 5.40. The lowest BCUT2D eigenvalue weighted by atomic mass is 10.1. The Morgan fingerprint density at radius 3 is 3.00 bits per heavy atom. The maximum Gasteiger partial charge on any atom is 0.00453 e. The average molecular weight is 180 g/mol. The van der Waals surface area contributed by atoms with Crippen LogP contribution in [0, 0.1) is 0 Å². The van der Waals surface area contributed by atoms with E-state index in [0.717, 1.165) is 6.42 Å². The summed E-state index contributed by atoms with van der Waals surface area (Å²) in [5.41, 5.74) is 1.38. The van der Waals surface area contributed by atoms with E-state index in [2.05, 4.69) is 31.0 Å². The van der Waals surface area contributed by atoms with E-state index in [0.29, 0.717) is 0 Å². The van der Waals surface area contributed by atoms with Crippen LogP contribution in [0.15, 0.2) is 29.7 Å². The summed E-state index contributed by atoms with van der Waals surface area (Å²) in [6.07, 6.45) is 4.79. The highest BCUT2D eigenvalue weighted by atomic mass is 32.1. The summed E-state index contributed by atoms with van der Waals surface area (Å²) in [6.45, 7) is 6.17. The molecule has 0 spiro atoms. The second kappa shape index (κ2) is 5.15. The van der Waals surface area contributed by atoms with E-state index in [1.54, 1.807) is 0 Å². The van der Waals surface area contributed by atoms with Crippen molar-refractivity contribution in [3.05, 3.63) is 34.5 Å². The lowest BCUT2D eigenvalue weighted by Crippen LogP contribution is -1.83. The molecule has 1 heteroatoms. The van der Waals surface area contributed by atoms with Crippen LogP contribution in [0.1, 0.15) is 31.1 Å². The van der Waals surface area contributed by atoms with Gasteiger partial charge in [0.1, 0.15) is 0 Å². The third-order valence-electron chi connectivity index (χ3n) is 2.03. The number of aryl methyl sites for hydroxylation is 1. The predicted octanol–water partition coefficient (Wildman–Crippen LogP) is 4.04. The van der Waals surface area contributed by atoms with Crippen molar-refractivity contribution in [2.75, 3.05) is 0 Å². The molecule has 0 aliphatic rings. The predicted molar refractivity (Wildman–Crippen MR) is 56.7 cm³/mol. The van der Waals surface area contributed by atoms with Crippen LogP contribution in [0.25, 0.3) is 0 Å². The molecule has 1 aromatic heterocycles. The van der Waals surface area contributed by atoms with E-state index in [9.17, 15) is 0 Å². The zero-order valence-corrected chi connectivity index (χ0v) is 8.49. The summed E-state index contributed by atoms with van der Waals surface area (Å²) in [6, 6.07) is 4.33. The minimum absolute atomic E-state index is 1.13. The first kappa shape index (κ1) is 9.53. The number of rotatable bonds is 5. The molecule has 12 heavy (non-hydrogen) atoms. The first-order chi connectivity index (χ1) is 5.83. The van der Waals surface area contributed by atoms with Gasteiger partial charge in [-0.2, -0.15) is 0 Å². The van der Waals surface area contributed by atoms with Crippen molar-refractivity contribution in [2.45, 2.75) is 32.6 Å². The van der Waals surface area contributed by atoms with Gasteiger partial charge in [-0.1, -0.05) is 25.1 Å². The quantitative estimate of drug-likeness (QED) is 0.600. The van der Waals surface area contributed by atoms with Gasteiger partial charge in [-0.3, -0.25) is 0 Å². The smallest absolute Gasteiger partial charge is 0.00453 e. The Morgan fingerprint density at radius 2 is 2.42 bits per heavy atom. The maximum absolute atomic E-state index is 4.00. The standard InChI is InChI=1S/C11H16S/c1-3-10(2)6-4-7-11-8-5-9-12-11/h5,8-9H,2-4,6-7H2,1H3. The SMILES string of the molecule is C=C(CC)CCCc1cccs1. The Hall–Kier alpha value is -0.560. The monoisotopic (exact) mass is 180 g/mol. The Labute approximate surface area is 78.9 Å². The van der Waals surface area contributed by atoms with E-state index in [4.69, 9.17) is 0 Å². The molecule has 0 bridgehead atoms. The Morgan fingerprint density at radius 1 is 1.58 bits per heavy atom. The van der Waals surface area contributed by atoms with Gasteiger partial charge in [0.2, 0.25) is 0 Å². The molecule has 1 heterocycles. The molecule has 0 aliphatic carbocycles. The maximum atomic E-state index is 4.00. The molecule has 66 valence electrons. The van der Waals surface area contributed by atoms with Crippen molar-refractivity contribution in [2.24, 2.45) is 0 Å². The van der Waals surface area contributed by atoms with Crippen molar-refractivity contribution in [3.8, 4) is 0 Å². The fourth-order valence-electron chi connectivity index (χ4n) is 1.14. The molecular weight excluding hydrogens is 164 g/mol. The summed E-state index contributed by atoms with van der Waals surface area (Å²) in [7, 11) is 0. The van der Waals surface area contributed by atoms with Crippen LogP contribution in [0.3, 0.4) is 0 Å². The van der Waals surface area contributed by atoms with Crippen LogP contribution < -0.4 is 0 Å². The van der Waals surface area contributed by atoms with Gasteiger partial charge in [0, 0.05) is 4.88 Å². The molecule has 0 amide bonds. The Balaban J connectivity index is 2.15. The second-order valence-electron chi connectivity index (χ2n) is 3.04. The third kappa shape index (κ3) is 3.22. The van der Waals surface area contributed by atoms with E-state index >= 15 is 0 Å². The molecule has 1 aromatic rings. The van der Waals surface area contributed by atoms with Crippen molar-refractivity contribution in [1.29, 1.82) is 0 Å². The summed E-state index contributed by atoms with van der Waals surface area (Å²) < 4.78 is 0. The molecule has 0 radical (unpaired) electrons. The zero-order valence-electron chi connectivity index (χ0n) is 7.68. The van der Waals surface area contributed by atoms with Gasteiger partial charge in [-0.05, 0) is 37.1 Å². The van der Waals surface area contributed by atoms with Gasteiger partial charge in [-0.25, -0.2) is 0 Å². The Kier molecular flexibility index (Phi) is 4.09. The molecule has 0 aliphatic heterocycles. The van der Waals surface area contributed by atoms with Crippen molar-refractivity contribution in [1.82, 2.24) is 0 Å². The minimum atomic E-state index is 1.13. The molecule has 1 rings (SSSR count). The third-order valence-corrected chi connectivity index (χ3v) is 2.97. The molecule has 0 unspecified atom stereocenters. The normalized spacial score (nSPS) is 10.1. The van der Waals surface area contributed by atoms with Crippen LogP contribution >= 0.6 is 11.3 Å². The molecule has 0 fully saturated rings. The van der Waals surface area contributed by atoms with Gasteiger partial charge >= 0.3 is 0 Å². The molecule has 0 nitrogen and oxygen atoms in total. The molecule has 0 atom stereocenters. The van der Waals surface area contributed by atoms with Crippen LogP contribution in [0.4, 0.5) is 0 Å². The van der Waals surface area contributed by atoms with Crippen molar-refractivity contribution >= 4 is 11.3 Å². The van der Waals surface area contributed by atoms with Crippen LogP contribution in [0.2, 0.25) is 0 Å². The summed E-state index contributed by atoms with van der Waals surface area (Å²) >= 11 is 1.85. The molecule has 0 saturated carbocycles. The lowest BCUT2D eigenvalue weighted by molar-refractivity contribution is 0.797. The van der Waals surface area contributed by atoms with Gasteiger partial charge < -0.3 is 0 Å². The van der Waals surface area contributed by atoms with E-state index in [1.807, 2.05) is 11.3 Å². The number of hydrogen-bond acceptors (Lipinski definition) is 1. The Bertz CT molecular complexity index is 221.